The summed E-state index contributed by atoms with van der Waals surface area (Å²) in [5, 5.41) is 3.43. The smallest absolute Gasteiger partial charge is 0.176 e. The summed E-state index contributed by atoms with van der Waals surface area (Å²) >= 11 is 0. The van der Waals surface area contributed by atoms with Gasteiger partial charge in [-0.15, -0.1) is 0 Å². The van der Waals surface area contributed by atoms with Gasteiger partial charge in [0, 0.05) is 6.54 Å². The number of benzene rings is 2. The van der Waals surface area contributed by atoms with Gasteiger partial charge in [-0.25, -0.2) is 4.39 Å². The molecule has 1 aliphatic rings. The Kier molecular flexibility index (Phi) is 5.16. The molecule has 3 rings (SSSR count). The molecular formula is C18H20FNO2. The Morgan fingerprint density at radius 2 is 2.00 bits per heavy atom. The van der Waals surface area contributed by atoms with Crippen LogP contribution in [0.5, 0.6) is 0 Å². The fraction of sp³-hybridized carbons (Fsp3) is 0.333. The SMILES string of the molecule is Fc1cccc(CCOC2OCCNC2c2ccccc2)c1. The average molecular weight is 301 g/mol. The summed E-state index contributed by atoms with van der Waals surface area (Å²) in [4.78, 5) is 0. The lowest BCUT2D eigenvalue weighted by molar-refractivity contribution is -0.176. The highest BCUT2D eigenvalue weighted by Gasteiger charge is 2.27. The van der Waals surface area contributed by atoms with Gasteiger partial charge in [0.2, 0.25) is 0 Å². The molecule has 3 nitrogen and oxygen atoms in total. The Balaban J connectivity index is 1.58. The van der Waals surface area contributed by atoms with Crippen LogP contribution in [-0.2, 0) is 15.9 Å². The van der Waals surface area contributed by atoms with Gasteiger partial charge in [-0.1, -0.05) is 42.5 Å². The molecule has 0 aromatic heterocycles. The molecule has 1 heterocycles. The molecule has 0 aliphatic carbocycles. The number of rotatable bonds is 5. The van der Waals surface area contributed by atoms with Crippen LogP contribution in [0.15, 0.2) is 54.6 Å². The Bertz CT molecular complexity index is 591. The van der Waals surface area contributed by atoms with E-state index in [1.807, 2.05) is 24.3 Å². The monoisotopic (exact) mass is 301 g/mol. The van der Waals surface area contributed by atoms with Crippen molar-refractivity contribution in [1.82, 2.24) is 5.32 Å². The van der Waals surface area contributed by atoms with Crippen molar-refractivity contribution in [3.63, 3.8) is 0 Å². The summed E-state index contributed by atoms with van der Waals surface area (Å²) in [6, 6.07) is 16.8. The van der Waals surface area contributed by atoms with Crippen molar-refractivity contribution in [3.05, 3.63) is 71.5 Å². The predicted molar refractivity (Wildman–Crippen MR) is 83.0 cm³/mol. The van der Waals surface area contributed by atoms with Crippen LogP contribution in [0, 0.1) is 5.82 Å². The summed E-state index contributed by atoms with van der Waals surface area (Å²) in [5.41, 5.74) is 2.08. The maximum Gasteiger partial charge on any atom is 0.176 e. The molecule has 1 N–H and O–H groups in total. The predicted octanol–water partition coefficient (Wildman–Crippen LogP) is 3.07. The van der Waals surface area contributed by atoms with Crippen LogP contribution in [0.3, 0.4) is 0 Å². The zero-order chi connectivity index (χ0) is 15.2. The van der Waals surface area contributed by atoms with Crippen molar-refractivity contribution in [3.8, 4) is 0 Å². The molecule has 2 unspecified atom stereocenters. The first kappa shape index (κ1) is 15.2. The molecule has 22 heavy (non-hydrogen) atoms. The standard InChI is InChI=1S/C18H20FNO2/c19-16-8-4-5-14(13-16)9-11-21-18-17(20-10-12-22-18)15-6-2-1-3-7-15/h1-8,13,17-18,20H,9-12H2. The lowest BCUT2D eigenvalue weighted by Gasteiger charge is -2.32. The molecule has 1 saturated heterocycles. The number of hydrogen-bond donors (Lipinski definition) is 1. The van der Waals surface area contributed by atoms with E-state index in [0.29, 0.717) is 19.6 Å². The van der Waals surface area contributed by atoms with Gasteiger partial charge in [0.1, 0.15) is 5.82 Å². The summed E-state index contributed by atoms with van der Waals surface area (Å²) in [6.45, 7) is 1.94. The first-order valence-corrected chi connectivity index (χ1v) is 7.59. The maximum atomic E-state index is 13.2. The third-order valence-corrected chi connectivity index (χ3v) is 3.74. The van der Waals surface area contributed by atoms with E-state index in [9.17, 15) is 4.39 Å². The zero-order valence-electron chi connectivity index (χ0n) is 12.4. The van der Waals surface area contributed by atoms with Gasteiger partial charge in [-0.2, -0.15) is 0 Å². The summed E-state index contributed by atoms with van der Waals surface area (Å²) in [5.74, 6) is -0.213. The van der Waals surface area contributed by atoms with Crippen molar-refractivity contribution in [2.75, 3.05) is 19.8 Å². The van der Waals surface area contributed by atoms with Crippen LogP contribution in [-0.4, -0.2) is 26.0 Å². The number of morpholine rings is 1. The van der Waals surface area contributed by atoms with Gasteiger partial charge >= 0.3 is 0 Å². The minimum absolute atomic E-state index is 0.0301. The van der Waals surface area contributed by atoms with E-state index >= 15 is 0 Å². The van der Waals surface area contributed by atoms with E-state index in [2.05, 4.69) is 17.4 Å². The van der Waals surface area contributed by atoms with Crippen molar-refractivity contribution < 1.29 is 13.9 Å². The minimum Gasteiger partial charge on any atom is -0.350 e. The molecule has 2 atom stereocenters. The second-order valence-electron chi connectivity index (χ2n) is 5.33. The third-order valence-electron chi connectivity index (χ3n) is 3.74. The molecule has 116 valence electrons. The van der Waals surface area contributed by atoms with Crippen LogP contribution in [0.2, 0.25) is 0 Å². The Labute approximate surface area is 130 Å². The highest BCUT2D eigenvalue weighted by Crippen LogP contribution is 2.22. The molecule has 1 aliphatic heterocycles. The van der Waals surface area contributed by atoms with Gasteiger partial charge in [0.05, 0.1) is 19.3 Å². The van der Waals surface area contributed by atoms with Crippen molar-refractivity contribution >= 4 is 0 Å². The lowest BCUT2D eigenvalue weighted by atomic mass is 10.1. The molecule has 0 bridgehead atoms. The zero-order valence-corrected chi connectivity index (χ0v) is 12.4. The van der Waals surface area contributed by atoms with Crippen LogP contribution in [0.1, 0.15) is 17.2 Å². The topological polar surface area (TPSA) is 30.5 Å². The number of hydrogen-bond acceptors (Lipinski definition) is 3. The average Bonchev–Trinajstić information content (AvgIpc) is 2.56. The first-order chi connectivity index (χ1) is 10.8. The lowest BCUT2D eigenvalue weighted by Crippen LogP contribution is -2.43. The molecule has 0 radical (unpaired) electrons. The largest absolute Gasteiger partial charge is 0.350 e. The molecule has 0 amide bonds. The summed E-state index contributed by atoms with van der Waals surface area (Å²) in [6.07, 6.45) is 0.351. The van der Waals surface area contributed by atoms with Gasteiger partial charge in [-0.3, -0.25) is 0 Å². The van der Waals surface area contributed by atoms with Crippen molar-refractivity contribution in [2.45, 2.75) is 18.8 Å². The van der Waals surface area contributed by atoms with Gasteiger partial charge in [-0.05, 0) is 29.7 Å². The number of ether oxygens (including phenoxy) is 2. The molecule has 2 aromatic rings. The van der Waals surface area contributed by atoms with Crippen LogP contribution < -0.4 is 5.32 Å². The van der Waals surface area contributed by atoms with Crippen LogP contribution in [0.25, 0.3) is 0 Å². The second kappa shape index (κ2) is 7.49. The quantitative estimate of drug-likeness (QED) is 0.920. The Hall–Kier alpha value is -1.75. The highest BCUT2D eigenvalue weighted by atomic mass is 19.1. The van der Waals surface area contributed by atoms with E-state index in [-0.39, 0.29) is 18.1 Å². The normalized spacial score (nSPS) is 21.7. The first-order valence-electron chi connectivity index (χ1n) is 7.59. The Morgan fingerprint density at radius 3 is 2.82 bits per heavy atom. The molecular weight excluding hydrogens is 281 g/mol. The minimum atomic E-state index is -0.315. The number of nitrogens with one attached hydrogen (secondary N) is 1. The second-order valence-corrected chi connectivity index (χ2v) is 5.33. The van der Waals surface area contributed by atoms with E-state index in [0.717, 1.165) is 17.7 Å². The fourth-order valence-electron chi connectivity index (χ4n) is 2.65. The third kappa shape index (κ3) is 3.91. The van der Waals surface area contributed by atoms with Gasteiger partial charge < -0.3 is 14.8 Å². The number of halogens is 1. The van der Waals surface area contributed by atoms with Crippen LogP contribution >= 0.6 is 0 Å². The van der Waals surface area contributed by atoms with Crippen molar-refractivity contribution in [1.29, 1.82) is 0 Å². The summed E-state index contributed by atoms with van der Waals surface area (Å²) < 4.78 is 24.8. The Morgan fingerprint density at radius 1 is 1.14 bits per heavy atom. The van der Waals surface area contributed by atoms with Crippen LogP contribution in [0.4, 0.5) is 4.39 Å². The molecule has 1 fully saturated rings. The van der Waals surface area contributed by atoms with E-state index in [4.69, 9.17) is 9.47 Å². The van der Waals surface area contributed by atoms with E-state index in [1.165, 1.54) is 12.1 Å². The molecule has 2 aromatic carbocycles. The van der Waals surface area contributed by atoms with E-state index < -0.39 is 0 Å². The molecule has 0 saturated carbocycles. The maximum absolute atomic E-state index is 13.2. The molecule has 0 spiro atoms. The van der Waals surface area contributed by atoms with Gasteiger partial charge in [0.15, 0.2) is 6.29 Å². The fourth-order valence-corrected chi connectivity index (χ4v) is 2.65. The summed E-state index contributed by atoms with van der Waals surface area (Å²) in [7, 11) is 0. The molecule has 4 heteroatoms. The highest BCUT2D eigenvalue weighted by molar-refractivity contribution is 5.20. The van der Waals surface area contributed by atoms with E-state index in [1.54, 1.807) is 6.07 Å². The van der Waals surface area contributed by atoms with Crippen molar-refractivity contribution in [2.24, 2.45) is 0 Å². The van der Waals surface area contributed by atoms with Gasteiger partial charge in [0.25, 0.3) is 0 Å².